The van der Waals surface area contributed by atoms with Crippen molar-refractivity contribution < 1.29 is 14.7 Å². The molecule has 2 spiro atoms. The van der Waals surface area contributed by atoms with Gasteiger partial charge in [-0.2, -0.15) is 0 Å². The molecule has 1 aliphatic heterocycles. The second-order valence-electron chi connectivity index (χ2n) is 16.2. The molecule has 42 heavy (non-hydrogen) atoms. The van der Waals surface area contributed by atoms with Crippen LogP contribution in [-0.4, -0.2) is 57.7 Å². The molecule has 6 heteroatoms. The summed E-state index contributed by atoms with van der Waals surface area (Å²) in [4.78, 5) is 35.4. The van der Waals surface area contributed by atoms with E-state index in [-0.39, 0.29) is 44.9 Å². The van der Waals surface area contributed by atoms with Gasteiger partial charge in [-0.05, 0) is 85.7 Å². The second-order valence-corrected chi connectivity index (χ2v) is 17.2. The van der Waals surface area contributed by atoms with E-state index in [0.717, 1.165) is 37.9 Å². The van der Waals surface area contributed by atoms with Crippen LogP contribution in [0.2, 0.25) is 0 Å². The molecule has 0 radical (unpaired) electrons. The summed E-state index contributed by atoms with van der Waals surface area (Å²) in [6.07, 6.45) is 6.26. The highest BCUT2D eigenvalue weighted by atomic mass is 32.2. The SMILES string of the molecule is CC(C)C1=N[C@H]2CC[C@]34C[C@@]35C(=O)C[C@]3(C)[C@@H]([C@H](C)N(C)C(=O)c6ccccc6)[C@H](O)C[C@@]3(C)[C@@H]5CC[C@H]4[C@]2(C)CS1. The molecule has 0 aromatic heterocycles. The molecule has 228 valence electrons. The van der Waals surface area contributed by atoms with E-state index in [0.29, 0.717) is 41.6 Å². The molecule has 11 atom stereocenters. The molecule has 0 bridgehead atoms. The van der Waals surface area contributed by atoms with Crippen molar-refractivity contribution in [2.75, 3.05) is 12.8 Å². The van der Waals surface area contributed by atoms with Gasteiger partial charge in [0.15, 0.2) is 0 Å². The lowest BCUT2D eigenvalue weighted by molar-refractivity contribution is -0.168. The highest BCUT2D eigenvalue weighted by molar-refractivity contribution is 8.14. The van der Waals surface area contributed by atoms with Gasteiger partial charge in [-0.3, -0.25) is 14.6 Å². The van der Waals surface area contributed by atoms with Gasteiger partial charge >= 0.3 is 0 Å². The zero-order valence-electron chi connectivity index (χ0n) is 26.7. The number of nitrogens with zero attached hydrogens (tertiary/aromatic N) is 2. The van der Waals surface area contributed by atoms with Crippen molar-refractivity contribution in [3.63, 3.8) is 0 Å². The Morgan fingerprint density at radius 3 is 2.43 bits per heavy atom. The Morgan fingerprint density at radius 2 is 1.74 bits per heavy atom. The highest BCUT2D eigenvalue weighted by Gasteiger charge is 2.86. The quantitative estimate of drug-likeness (QED) is 0.415. The van der Waals surface area contributed by atoms with Crippen LogP contribution in [0.4, 0.5) is 0 Å². The number of carbonyl (C=O) groups excluding carboxylic acids is 2. The highest BCUT2D eigenvalue weighted by Crippen LogP contribution is 2.88. The summed E-state index contributed by atoms with van der Waals surface area (Å²) in [6.45, 7) is 13.8. The van der Waals surface area contributed by atoms with Crippen molar-refractivity contribution >= 4 is 28.5 Å². The standard InChI is InChI=1S/C36H50N2O3S/c1-21(2)30-37-27-15-16-35-19-36(35)26(14-13-25(35)32(27,4)20-42-30)33(5)17-24(39)29(34(33,6)18-28(36)40)22(3)38(7)31(41)23-11-9-8-10-12-23/h8-12,21-22,24-27,29,39H,13-20H2,1-7H3/t22-,24+,25-,26-,27-,29-,32-,33-,34+,35+,36+/m0/s1. The number of thioether (sulfide) groups is 1. The number of aliphatic hydroxyl groups is 1. The molecule has 1 amide bonds. The molecule has 1 aromatic rings. The number of aliphatic hydroxyl groups excluding tert-OH is 1. The minimum absolute atomic E-state index is 0.0218. The maximum atomic E-state index is 14.7. The largest absolute Gasteiger partial charge is 0.393 e. The molecule has 5 nitrogen and oxygen atoms in total. The van der Waals surface area contributed by atoms with Gasteiger partial charge in [-0.1, -0.05) is 52.8 Å². The molecule has 0 unspecified atom stereocenters. The zero-order valence-corrected chi connectivity index (χ0v) is 27.5. The fourth-order valence-corrected chi connectivity index (χ4v) is 13.6. The first kappa shape index (κ1) is 29.1. The van der Waals surface area contributed by atoms with E-state index in [1.165, 1.54) is 11.5 Å². The van der Waals surface area contributed by atoms with Crippen molar-refractivity contribution in [3.05, 3.63) is 35.9 Å². The number of carbonyl (C=O) groups is 2. The molecule has 1 N–H and O–H groups in total. The molecule has 6 aliphatic rings. The monoisotopic (exact) mass is 590 g/mol. The predicted molar refractivity (Wildman–Crippen MR) is 170 cm³/mol. The number of aliphatic imine (C=N–C) groups is 1. The van der Waals surface area contributed by atoms with E-state index in [9.17, 15) is 14.7 Å². The fraction of sp³-hybridized carbons (Fsp3) is 0.750. The molecule has 7 rings (SSSR count). The summed E-state index contributed by atoms with van der Waals surface area (Å²) >= 11 is 1.98. The molecule has 5 fully saturated rings. The Hall–Kier alpha value is -1.66. The minimum atomic E-state index is -0.525. The first-order valence-electron chi connectivity index (χ1n) is 16.5. The summed E-state index contributed by atoms with van der Waals surface area (Å²) in [5.41, 5.74) is 0.228. The Labute approximate surface area is 256 Å². The molecular formula is C36H50N2O3S. The summed E-state index contributed by atoms with van der Waals surface area (Å²) in [5.74, 6) is 2.79. The normalized spacial score (nSPS) is 47.8. The van der Waals surface area contributed by atoms with Crippen molar-refractivity contribution in [2.24, 2.45) is 55.7 Å². The topological polar surface area (TPSA) is 70.0 Å². The summed E-state index contributed by atoms with van der Waals surface area (Å²) in [6, 6.07) is 9.64. The van der Waals surface area contributed by atoms with Crippen LogP contribution in [0.25, 0.3) is 0 Å². The number of fused-ring (bicyclic) bond motifs is 4. The van der Waals surface area contributed by atoms with Crippen LogP contribution in [0.5, 0.6) is 0 Å². The maximum Gasteiger partial charge on any atom is 0.253 e. The third-order valence-corrected chi connectivity index (χ3v) is 16.1. The average molecular weight is 591 g/mol. The molecule has 0 saturated heterocycles. The summed E-state index contributed by atoms with van der Waals surface area (Å²) < 4.78 is 0. The summed E-state index contributed by atoms with van der Waals surface area (Å²) in [5, 5.41) is 13.1. The Kier molecular flexibility index (Phi) is 6.36. The smallest absolute Gasteiger partial charge is 0.253 e. The van der Waals surface area contributed by atoms with Crippen LogP contribution in [-0.2, 0) is 4.79 Å². The minimum Gasteiger partial charge on any atom is -0.393 e. The van der Waals surface area contributed by atoms with Crippen molar-refractivity contribution in [1.29, 1.82) is 0 Å². The van der Waals surface area contributed by atoms with Crippen molar-refractivity contribution in [2.45, 2.75) is 105 Å². The third kappa shape index (κ3) is 3.40. The van der Waals surface area contributed by atoms with E-state index in [1.807, 2.05) is 54.0 Å². The second kappa shape index (κ2) is 9.19. The number of benzene rings is 1. The summed E-state index contributed by atoms with van der Waals surface area (Å²) in [7, 11) is 1.87. The van der Waals surface area contributed by atoms with Crippen LogP contribution >= 0.6 is 11.8 Å². The number of ketones is 1. The molecule has 5 saturated carbocycles. The van der Waals surface area contributed by atoms with E-state index < -0.39 is 6.10 Å². The van der Waals surface area contributed by atoms with Crippen molar-refractivity contribution in [3.8, 4) is 0 Å². The predicted octanol–water partition coefficient (Wildman–Crippen LogP) is 6.89. The zero-order chi connectivity index (χ0) is 30.0. The van der Waals surface area contributed by atoms with E-state index in [4.69, 9.17) is 4.99 Å². The molecule has 1 aromatic carbocycles. The van der Waals surface area contributed by atoms with Crippen LogP contribution < -0.4 is 0 Å². The van der Waals surface area contributed by atoms with Crippen LogP contribution in [0, 0.1) is 50.7 Å². The molecule has 1 heterocycles. The lowest BCUT2D eigenvalue weighted by atomic mass is 9.41. The first-order valence-corrected chi connectivity index (χ1v) is 17.5. The number of hydrogen-bond donors (Lipinski definition) is 1. The Balaban J connectivity index is 1.20. The van der Waals surface area contributed by atoms with Gasteiger partial charge in [0.1, 0.15) is 5.78 Å². The maximum absolute atomic E-state index is 14.7. The van der Waals surface area contributed by atoms with Crippen LogP contribution in [0.15, 0.2) is 35.3 Å². The Morgan fingerprint density at radius 1 is 1.05 bits per heavy atom. The van der Waals surface area contributed by atoms with E-state index in [2.05, 4.69) is 41.5 Å². The van der Waals surface area contributed by atoms with Gasteiger partial charge in [-0.15, -0.1) is 11.8 Å². The number of rotatable bonds is 4. The van der Waals surface area contributed by atoms with Crippen LogP contribution in [0.1, 0.15) is 96.8 Å². The first-order chi connectivity index (χ1) is 19.8. The van der Waals surface area contributed by atoms with Crippen molar-refractivity contribution in [1.82, 2.24) is 4.90 Å². The lowest BCUT2D eigenvalue weighted by Crippen LogP contribution is -2.62. The van der Waals surface area contributed by atoms with Gasteiger partial charge < -0.3 is 10.0 Å². The lowest BCUT2D eigenvalue weighted by Gasteiger charge is -2.63. The van der Waals surface area contributed by atoms with E-state index >= 15 is 0 Å². The fourth-order valence-electron chi connectivity index (χ4n) is 12.2. The molecular weight excluding hydrogens is 540 g/mol. The average Bonchev–Trinajstić information content (AvgIpc) is 3.60. The number of hydrogen-bond acceptors (Lipinski definition) is 5. The van der Waals surface area contributed by atoms with Gasteiger partial charge in [0.25, 0.3) is 5.91 Å². The van der Waals surface area contributed by atoms with Gasteiger partial charge in [0, 0.05) is 53.5 Å². The van der Waals surface area contributed by atoms with Crippen LogP contribution in [0.3, 0.4) is 0 Å². The Bertz CT molecular complexity index is 1350. The number of Topliss-reactive ketones (excluding diaryl/α,β-unsaturated/α-hetero) is 1. The van der Waals surface area contributed by atoms with Gasteiger partial charge in [0.2, 0.25) is 0 Å². The van der Waals surface area contributed by atoms with E-state index in [1.54, 1.807) is 0 Å². The van der Waals surface area contributed by atoms with Gasteiger partial charge in [0.05, 0.1) is 17.2 Å². The third-order valence-electron chi connectivity index (χ3n) is 14.4. The number of amides is 1. The molecule has 5 aliphatic carbocycles. The van der Waals surface area contributed by atoms with Gasteiger partial charge in [-0.25, -0.2) is 0 Å².